The topological polar surface area (TPSA) is 63.4 Å². The number of nitrogens with two attached hydrogens (primary N) is 1. The van der Waals surface area contributed by atoms with Gasteiger partial charge in [-0.15, -0.1) is 0 Å². The van der Waals surface area contributed by atoms with Gasteiger partial charge in [0.25, 0.3) is 0 Å². The smallest absolute Gasteiger partial charge is 0.131 e. The van der Waals surface area contributed by atoms with Crippen molar-refractivity contribution < 1.29 is 4.74 Å². The molecular formula is C18H30N4O. The van der Waals surface area contributed by atoms with Gasteiger partial charge in [0, 0.05) is 25.2 Å². The summed E-state index contributed by atoms with van der Waals surface area (Å²) in [4.78, 5) is 7.08. The SMILES string of the molecule is Cc1cc(NC2CCC(N)CC2)cnc1N1C[C@H](C)O[C@@H](C)C1. The first-order valence-electron chi connectivity index (χ1n) is 8.90. The molecule has 23 heavy (non-hydrogen) atoms. The molecule has 1 saturated carbocycles. The van der Waals surface area contributed by atoms with Gasteiger partial charge < -0.3 is 20.7 Å². The largest absolute Gasteiger partial charge is 0.381 e. The summed E-state index contributed by atoms with van der Waals surface area (Å²) in [5, 5.41) is 3.63. The fourth-order valence-corrected chi connectivity index (χ4v) is 3.83. The summed E-state index contributed by atoms with van der Waals surface area (Å²) in [7, 11) is 0. The molecule has 2 heterocycles. The molecule has 0 spiro atoms. The summed E-state index contributed by atoms with van der Waals surface area (Å²) in [5.74, 6) is 1.09. The van der Waals surface area contributed by atoms with Gasteiger partial charge in [-0.1, -0.05) is 0 Å². The van der Waals surface area contributed by atoms with E-state index in [0.29, 0.717) is 12.1 Å². The van der Waals surface area contributed by atoms with Crippen LogP contribution in [0.3, 0.4) is 0 Å². The predicted octanol–water partition coefficient (Wildman–Crippen LogP) is 2.69. The van der Waals surface area contributed by atoms with Gasteiger partial charge in [0.1, 0.15) is 5.82 Å². The van der Waals surface area contributed by atoms with E-state index in [2.05, 4.69) is 37.1 Å². The van der Waals surface area contributed by atoms with E-state index in [4.69, 9.17) is 15.5 Å². The Balaban J connectivity index is 1.66. The zero-order chi connectivity index (χ0) is 16.4. The fraction of sp³-hybridized carbons (Fsp3) is 0.722. The highest BCUT2D eigenvalue weighted by Crippen LogP contribution is 2.26. The lowest BCUT2D eigenvalue weighted by molar-refractivity contribution is -0.00548. The highest BCUT2D eigenvalue weighted by Gasteiger charge is 2.24. The molecule has 1 aromatic rings. The molecule has 0 amide bonds. The van der Waals surface area contributed by atoms with Gasteiger partial charge in [-0.3, -0.25) is 0 Å². The summed E-state index contributed by atoms with van der Waals surface area (Å²) in [6.07, 6.45) is 7.02. The molecule has 2 aliphatic rings. The van der Waals surface area contributed by atoms with E-state index >= 15 is 0 Å². The predicted molar refractivity (Wildman–Crippen MR) is 95.1 cm³/mol. The molecule has 2 atom stereocenters. The van der Waals surface area contributed by atoms with Crippen molar-refractivity contribution in [2.75, 3.05) is 23.3 Å². The molecule has 2 fully saturated rings. The number of hydrogen-bond acceptors (Lipinski definition) is 5. The second-order valence-electron chi connectivity index (χ2n) is 7.28. The molecule has 1 aliphatic heterocycles. The third kappa shape index (κ3) is 4.15. The quantitative estimate of drug-likeness (QED) is 0.897. The van der Waals surface area contributed by atoms with Crippen molar-refractivity contribution >= 4 is 11.5 Å². The molecule has 0 unspecified atom stereocenters. The van der Waals surface area contributed by atoms with E-state index in [0.717, 1.165) is 50.3 Å². The number of aromatic nitrogens is 1. The molecule has 0 bridgehead atoms. The van der Waals surface area contributed by atoms with Crippen LogP contribution >= 0.6 is 0 Å². The van der Waals surface area contributed by atoms with Crippen molar-refractivity contribution in [3.63, 3.8) is 0 Å². The Labute approximate surface area is 139 Å². The first-order valence-corrected chi connectivity index (χ1v) is 8.90. The number of nitrogens with one attached hydrogen (secondary N) is 1. The van der Waals surface area contributed by atoms with Crippen LogP contribution in [0.4, 0.5) is 11.5 Å². The van der Waals surface area contributed by atoms with Crippen molar-refractivity contribution in [1.29, 1.82) is 0 Å². The maximum Gasteiger partial charge on any atom is 0.131 e. The highest BCUT2D eigenvalue weighted by molar-refractivity contribution is 5.55. The van der Waals surface area contributed by atoms with Crippen LogP contribution in [0, 0.1) is 6.92 Å². The van der Waals surface area contributed by atoms with Crippen LogP contribution < -0.4 is 16.0 Å². The molecule has 1 saturated heterocycles. The Morgan fingerprint density at radius 2 is 1.83 bits per heavy atom. The summed E-state index contributed by atoms with van der Waals surface area (Å²) in [6.45, 7) is 8.22. The van der Waals surface area contributed by atoms with Crippen LogP contribution in [0.15, 0.2) is 12.3 Å². The number of rotatable bonds is 3. The van der Waals surface area contributed by atoms with Crippen molar-refractivity contribution in [3.05, 3.63) is 17.8 Å². The van der Waals surface area contributed by atoms with Crippen LogP contribution in [-0.2, 0) is 4.74 Å². The van der Waals surface area contributed by atoms with Gasteiger partial charge in [-0.2, -0.15) is 0 Å². The first-order chi connectivity index (χ1) is 11.0. The summed E-state index contributed by atoms with van der Waals surface area (Å²) < 4.78 is 5.82. The summed E-state index contributed by atoms with van der Waals surface area (Å²) in [6, 6.07) is 3.15. The number of nitrogens with zero attached hydrogens (tertiary/aromatic N) is 2. The van der Waals surface area contributed by atoms with Gasteiger partial charge in [0.15, 0.2) is 0 Å². The Bertz CT molecular complexity index is 518. The number of ether oxygens (including phenoxy) is 1. The lowest BCUT2D eigenvalue weighted by Gasteiger charge is -2.37. The number of morpholine rings is 1. The van der Waals surface area contributed by atoms with Gasteiger partial charge >= 0.3 is 0 Å². The van der Waals surface area contributed by atoms with Gasteiger partial charge in [0.05, 0.1) is 24.1 Å². The third-order valence-corrected chi connectivity index (χ3v) is 4.91. The van der Waals surface area contributed by atoms with Crippen LogP contribution in [0.1, 0.15) is 45.1 Å². The first kappa shape index (κ1) is 16.5. The monoisotopic (exact) mass is 318 g/mol. The van der Waals surface area contributed by atoms with E-state index < -0.39 is 0 Å². The Morgan fingerprint density at radius 3 is 2.43 bits per heavy atom. The molecule has 5 heteroatoms. The van der Waals surface area contributed by atoms with Gasteiger partial charge in [-0.05, 0) is 58.1 Å². The van der Waals surface area contributed by atoms with Crippen molar-refractivity contribution in [3.8, 4) is 0 Å². The Morgan fingerprint density at radius 1 is 1.17 bits per heavy atom. The number of pyridine rings is 1. The second-order valence-corrected chi connectivity index (χ2v) is 7.28. The molecule has 0 radical (unpaired) electrons. The van der Waals surface area contributed by atoms with E-state index in [-0.39, 0.29) is 12.2 Å². The van der Waals surface area contributed by atoms with Crippen LogP contribution in [0.5, 0.6) is 0 Å². The standard InChI is InChI=1S/C18H30N4O/c1-12-8-17(21-16-6-4-15(19)5-7-16)9-20-18(12)22-10-13(2)23-14(3)11-22/h8-9,13-16,21H,4-7,10-11,19H2,1-3H3/t13-,14-,15?,16?/m0/s1. The van der Waals surface area contributed by atoms with Crippen LogP contribution in [0.25, 0.3) is 0 Å². The van der Waals surface area contributed by atoms with E-state index in [1.54, 1.807) is 0 Å². The molecule has 5 nitrogen and oxygen atoms in total. The molecule has 128 valence electrons. The summed E-state index contributed by atoms with van der Waals surface area (Å²) in [5.41, 5.74) is 8.34. The highest BCUT2D eigenvalue weighted by atomic mass is 16.5. The molecule has 1 aliphatic carbocycles. The zero-order valence-electron chi connectivity index (χ0n) is 14.6. The minimum absolute atomic E-state index is 0.254. The minimum Gasteiger partial charge on any atom is -0.381 e. The lowest BCUT2D eigenvalue weighted by atomic mass is 9.92. The number of hydrogen-bond donors (Lipinski definition) is 2. The van der Waals surface area contributed by atoms with E-state index in [9.17, 15) is 0 Å². The van der Waals surface area contributed by atoms with E-state index in [1.165, 1.54) is 5.56 Å². The molecule has 0 aromatic carbocycles. The van der Waals surface area contributed by atoms with Crippen molar-refractivity contribution in [2.45, 2.75) is 70.7 Å². The maximum absolute atomic E-state index is 5.98. The van der Waals surface area contributed by atoms with Crippen LogP contribution in [-0.4, -0.2) is 42.4 Å². The molecule has 3 rings (SSSR count). The summed E-state index contributed by atoms with van der Waals surface area (Å²) >= 11 is 0. The third-order valence-electron chi connectivity index (χ3n) is 4.91. The average molecular weight is 318 g/mol. The molecule has 1 aromatic heterocycles. The van der Waals surface area contributed by atoms with Gasteiger partial charge in [-0.25, -0.2) is 4.98 Å². The normalized spacial score (nSPS) is 31.9. The minimum atomic E-state index is 0.254. The zero-order valence-corrected chi connectivity index (χ0v) is 14.6. The fourth-order valence-electron chi connectivity index (χ4n) is 3.83. The maximum atomic E-state index is 5.98. The Hall–Kier alpha value is -1.33. The number of anilines is 2. The van der Waals surface area contributed by atoms with Gasteiger partial charge in [0.2, 0.25) is 0 Å². The Kier molecular flexibility index (Phi) is 5.07. The number of aryl methyl sites for hydroxylation is 1. The van der Waals surface area contributed by atoms with Crippen molar-refractivity contribution in [2.24, 2.45) is 5.73 Å². The average Bonchev–Trinajstić information content (AvgIpc) is 2.49. The lowest BCUT2D eigenvalue weighted by Crippen LogP contribution is -2.46. The molecular weight excluding hydrogens is 288 g/mol. The molecule has 3 N–H and O–H groups in total. The van der Waals surface area contributed by atoms with E-state index in [1.807, 2.05) is 6.20 Å². The van der Waals surface area contributed by atoms with Crippen molar-refractivity contribution in [1.82, 2.24) is 4.98 Å². The second kappa shape index (κ2) is 7.05. The van der Waals surface area contributed by atoms with Crippen LogP contribution in [0.2, 0.25) is 0 Å².